The number of nitrogens with two attached hydrogens (primary N) is 1. The number of para-hydroxylation sites is 1. The number of hydrogen-bond acceptors (Lipinski definition) is 3. The third-order valence-corrected chi connectivity index (χ3v) is 3.19. The Morgan fingerprint density at radius 1 is 1.05 bits per heavy atom. The Bertz CT molecular complexity index is 799. The van der Waals surface area contributed by atoms with E-state index < -0.39 is 0 Å². The summed E-state index contributed by atoms with van der Waals surface area (Å²) in [6, 6.07) is 19.2. The van der Waals surface area contributed by atoms with E-state index in [2.05, 4.69) is 4.98 Å². The number of aromatic nitrogens is 1. The minimum absolute atomic E-state index is 0.0317. The Morgan fingerprint density at radius 2 is 1.90 bits per heavy atom. The molecule has 0 aliphatic carbocycles. The van der Waals surface area contributed by atoms with Gasteiger partial charge in [0.15, 0.2) is 0 Å². The van der Waals surface area contributed by atoms with Gasteiger partial charge >= 0.3 is 0 Å². The van der Waals surface area contributed by atoms with Gasteiger partial charge in [-0.15, -0.1) is 0 Å². The van der Waals surface area contributed by atoms with Gasteiger partial charge in [0.05, 0.1) is 11.2 Å². The lowest BCUT2D eigenvalue weighted by atomic mass is 10.2. The van der Waals surface area contributed by atoms with Gasteiger partial charge in [0.1, 0.15) is 18.2 Å². The van der Waals surface area contributed by atoms with Crippen molar-refractivity contribution in [2.24, 2.45) is 5.73 Å². The molecule has 4 nitrogen and oxygen atoms in total. The number of hydrogen-bond donors (Lipinski definition) is 2. The Hall–Kier alpha value is -2.88. The van der Waals surface area contributed by atoms with Crippen molar-refractivity contribution in [2.45, 2.75) is 6.61 Å². The van der Waals surface area contributed by atoms with Crippen molar-refractivity contribution in [3.05, 3.63) is 71.9 Å². The van der Waals surface area contributed by atoms with Gasteiger partial charge in [-0.2, -0.15) is 0 Å². The van der Waals surface area contributed by atoms with Crippen LogP contribution >= 0.6 is 0 Å². The monoisotopic (exact) mass is 277 g/mol. The average molecular weight is 277 g/mol. The third kappa shape index (κ3) is 3.00. The zero-order chi connectivity index (χ0) is 14.7. The normalized spacial score (nSPS) is 10.5. The molecule has 0 radical (unpaired) electrons. The van der Waals surface area contributed by atoms with Crippen LogP contribution in [0.5, 0.6) is 5.75 Å². The van der Waals surface area contributed by atoms with Crippen LogP contribution < -0.4 is 10.5 Å². The Kier molecular flexibility index (Phi) is 3.51. The summed E-state index contributed by atoms with van der Waals surface area (Å²) in [5.74, 6) is 0.710. The van der Waals surface area contributed by atoms with Crippen molar-refractivity contribution in [3.8, 4) is 5.75 Å². The molecule has 0 saturated heterocycles. The third-order valence-electron chi connectivity index (χ3n) is 3.19. The number of nitrogens with zero attached hydrogens (tertiary/aromatic N) is 1. The second-order valence-electron chi connectivity index (χ2n) is 4.73. The lowest BCUT2D eigenvalue weighted by Gasteiger charge is -2.08. The van der Waals surface area contributed by atoms with E-state index in [4.69, 9.17) is 15.9 Å². The number of rotatable bonds is 4. The van der Waals surface area contributed by atoms with Crippen LogP contribution in [0.3, 0.4) is 0 Å². The quantitative estimate of drug-likeness (QED) is 0.568. The lowest BCUT2D eigenvalue weighted by Crippen LogP contribution is -2.10. The molecule has 0 unspecified atom stereocenters. The summed E-state index contributed by atoms with van der Waals surface area (Å²) in [5, 5.41) is 8.54. The van der Waals surface area contributed by atoms with Gasteiger partial charge < -0.3 is 10.5 Å². The fourth-order valence-corrected chi connectivity index (χ4v) is 2.10. The number of fused-ring (bicyclic) bond motifs is 1. The lowest BCUT2D eigenvalue weighted by molar-refractivity contribution is 0.302. The summed E-state index contributed by atoms with van der Waals surface area (Å²) in [7, 11) is 0. The molecular formula is C17H15N3O. The van der Waals surface area contributed by atoms with Gasteiger partial charge in [-0.3, -0.25) is 5.41 Å². The molecule has 0 bridgehead atoms. The van der Waals surface area contributed by atoms with Crippen LogP contribution in [0.25, 0.3) is 10.9 Å². The second-order valence-corrected chi connectivity index (χ2v) is 4.73. The predicted octanol–water partition coefficient (Wildman–Crippen LogP) is 3.10. The molecule has 0 spiro atoms. The van der Waals surface area contributed by atoms with E-state index in [1.54, 1.807) is 12.1 Å². The van der Waals surface area contributed by atoms with Crippen LogP contribution in [-0.2, 0) is 6.61 Å². The van der Waals surface area contributed by atoms with E-state index in [0.717, 1.165) is 16.6 Å². The van der Waals surface area contributed by atoms with Crippen molar-refractivity contribution < 1.29 is 4.74 Å². The van der Waals surface area contributed by atoms with Crippen LogP contribution in [-0.4, -0.2) is 10.8 Å². The zero-order valence-corrected chi connectivity index (χ0v) is 11.4. The van der Waals surface area contributed by atoms with E-state index in [-0.39, 0.29) is 5.84 Å². The molecule has 1 aromatic heterocycles. The van der Waals surface area contributed by atoms with Crippen molar-refractivity contribution in [3.63, 3.8) is 0 Å². The number of benzene rings is 2. The Labute approximate surface area is 122 Å². The molecule has 0 atom stereocenters. The first-order valence-electron chi connectivity index (χ1n) is 6.64. The summed E-state index contributed by atoms with van der Waals surface area (Å²) in [6.07, 6.45) is 0. The van der Waals surface area contributed by atoms with Gasteiger partial charge in [0.25, 0.3) is 0 Å². The fraction of sp³-hybridized carbons (Fsp3) is 0.0588. The molecular weight excluding hydrogens is 262 g/mol. The summed E-state index contributed by atoms with van der Waals surface area (Å²) >= 11 is 0. The van der Waals surface area contributed by atoms with E-state index in [1.165, 1.54) is 0 Å². The molecule has 3 N–H and O–H groups in total. The molecule has 104 valence electrons. The van der Waals surface area contributed by atoms with Crippen LogP contribution in [0.15, 0.2) is 60.7 Å². The number of amidine groups is 1. The van der Waals surface area contributed by atoms with Gasteiger partial charge in [-0.25, -0.2) is 4.98 Å². The molecule has 0 amide bonds. The maximum Gasteiger partial charge on any atom is 0.130 e. The number of pyridine rings is 1. The summed E-state index contributed by atoms with van der Waals surface area (Å²) < 4.78 is 5.72. The largest absolute Gasteiger partial charge is 0.487 e. The van der Waals surface area contributed by atoms with Crippen LogP contribution in [0.2, 0.25) is 0 Å². The molecule has 21 heavy (non-hydrogen) atoms. The molecule has 0 saturated carbocycles. The minimum atomic E-state index is 0.0317. The van der Waals surface area contributed by atoms with Crippen molar-refractivity contribution in [1.29, 1.82) is 5.41 Å². The fourth-order valence-electron chi connectivity index (χ4n) is 2.10. The van der Waals surface area contributed by atoms with Crippen molar-refractivity contribution >= 4 is 16.7 Å². The highest BCUT2D eigenvalue weighted by molar-refractivity contribution is 5.95. The molecule has 0 aliphatic heterocycles. The van der Waals surface area contributed by atoms with Crippen molar-refractivity contribution in [1.82, 2.24) is 4.98 Å². The first-order chi connectivity index (χ1) is 10.2. The molecule has 0 fully saturated rings. The average Bonchev–Trinajstić information content (AvgIpc) is 2.53. The molecule has 3 aromatic rings. The van der Waals surface area contributed by atoms with E-state index in [9.17, 15) is 0 Å². The molecule has 3 rings (SSSR count). The number of nitrogens with one attached hydrogen (secondary N) is 1. The highest BCUT2D eigenvalue weighted by Crippen LogP contribution is 2.16. The minimum Gasteiger partial charge on any atom is -0.487 e. The van der Waals surface area contributed by atoms with Gasteiger partial charge in [-0.1, -0.05) is 36.4 Å². The summed E-state index contributed by atoms with van der Waals surface area (Å²) in [5.41, 5.74) is 7.94. The van der Waals surface area contributed by atoms with Crippen molar-refractivity contribution in [2.75, 3.05) is 0 Å². The highest BCUT2D eigenvalue weighted by atomic mass is 16.5. The first-order valence-corrected chi connectivity index (χ1v) is 6.64. The number of ether oxygens (including phenoxy) is 1. The van der Waals surface area contributed by atoms with Crippen LogP contribution in [0, 0.1) is 5.41 Å². The highest BCUT2D eigenvalue weighted by Gasteiger charge is 2.02. The molecule has 4 heteroatoms. The predicted molar refractivity (Wildman–Crippen MR) is 83.5 cm³/mol. The molecule has 1 heterocycles. The second kappa shape index (κ2) is 5.63. The van der Waals surface area contributed by atoms with E-state index >= 15 is 0 Å². The molecule has 2 aromatic carbocycles. The maximum absolute atomic E-state index is 7.43. The first kappa shape index (κ1) is 13.1. The molecule has 0 aliphatic rings. The zero-order valence-electron chi connectivity index (χ0n) is 11.4. The summed E-state index contributed by atoms with van der Waals surface area (Å²) in [4.78, 5) is 4.56. The standard InChI is InChI=1S/C17H15N3O/c18-17(19)13-5-3-6-15(10-13)21-11-14-9-8-12-4-1-2-7-16(12)20-14/h1-10H,11H2,(H3,18,19). The Balaban J connectivity index is 1.77. The summed E-state index contributed by atoms with van der Waals surface area (Å²) in [6.45, 7) is 0.381. The SMILES string of the molecule is N=C(N)c1cccc(OCc2ccc3ccccc3n2)c1. The van der Waals surface area contributed by atoms with Gasteiger partial charge in [0.2, 0.25) is 0 Å². The van der Waals surface area contributed by atoms with Gasteiger partial charge in [-0.05, 0) is 24.3 Å². The Morgan fingerprint density at radius 3 is 2.76 bits per heavy atom. The topological polar surface area (TPSA) is 72.0 Å². The van der Waals surface area contributed by atoms with Crippen LogP contribution in [0.1, 0.15) is 11.3 Å². The van der Waals surface area contributed by atoms with E-state index in [0.29, 0.717) is 17.9 Å². The van der Waals surface area contributed by atoms with Crippen LogP contribution in [0.4, 0.5) is 0 Å². The van der Waals surface area contributed by atoms with E-state index in [1.807, 2.05) is 48.5 Å². The van der Waals surface area contributed by atoms with Gasteiger partial charge in [0, 0.05) is 10.9 Å². The number of nitrogen functional groups attached to an aromatic ring is 1. The maximum atomic E-state index is 7.43. The smallest absolute Gasteiger partial charge is 0.130 e.